The maximum Gasteiger partial charge on any atom is 0.436 e. The van der Waals surface area contributed by atoms with Gasteiger partial charge in [-0.1, -0.05) is 24.6 Å². The molecule has 0 unspecified atom stereocenters. The van der Waals surface area contributed by atoms with E-state index in [4.69, 9.17) is 15.6 Å². The van der Waals surface area contributed by atoms with E-state index in [0.717, 1.165) is 22.5 Å². The minimum Gasteiger partial charge on any atom is -0.481 e. The van der Waals surface area contributed by atoms with Crippen LogP contribution in [0.15, 0.2) is 67.5 Å². The zero-order valence-corrected chi connectivity index (χ0v) is 28.2. The average Bonchev–Trinajstić information content (AvgIpc) is 3.40. The summed E-state index contributed by atoms with van der Waals surface area (Å²) in [5.41, 5.74) is 8.17. The SMILES string of the molecule is CSc1sc(/C(N)=N\C(=O)OC(C)(C)C)cc1S(=O)(=O)c1cccc(-c2ccc(NC(=O)NCCCCCC(=O)O)cc2C)c1. The molecule has 0 atom stereocenters. The maximum atomic E-state index is 13.8. The third kappa shape index (κ3) is 10.3. The number of sulfone groups is 1. The summed E-state index contributed by atoms with van der Waals surface area (Å²) in [5.74, 6) is -0.961. The Kier molecular flexibility index (Phi) is 12.2. The van der Waals surface area contributed by atoms with Gasteiger partial charge in [0.1, 0.15) is 11.4 Å². The molecule has 2 aromatic carbocycles. The van der Waals surface area contributed by atoms with Crippen molar-refractivity contribution in [1.82, 2.24) is 5.32 Å². The van der Waals surface area contributed by atoms with Gasteiger partial charge in [0.05, 0.1) is 18.9 Å². The standard InChI is InChI=1S/C31H38N4O7S3/c1-19-16-21(34-29(38)33-15-8-6-7-12-26(36)37)13-14-23(19)20-10-9-11-22(17-20)45(40,41)25-18-24(44-28(25)43-5)27(32)35-30(39)42-31(2,3)4/h9-11,13-14,16-18H,6-8,12,15H2,1-5H3,(H,36,37)(H2,32,35,39)(H2,33,34,38). The van der Waals surface area contributed by atoms with Crippen molar-refractivity contribution < 1.29 is 32.6 Å². The van der Waals surface area contributed by atoms with Gasteiger partial charge in [0, 0.05) is 18.7 Å². The van der Waals surface area contributed by atoms with Crippen molar-refractivity contribution in [2.24, 2.45) is 10.7 Å². The highest BCUT2D eigenvalue weighted by Gasteiger charge is 2.26. The Labute approximate surface area is 271 Å². The van der Waals surface area contributed by atoms with Crippen LogP contribution in [0.25, 0.3) is 11.1 Å². The minimum atomic E-state index is -3.97. The summed E-state index contributed by atoms with van der Waals surface area (Å²) in [6.07, 6.45) is 2.96. The molecule has 1 heterocycles. The molecule has 3 aromatic rings. The third-order valence-electron chi connectivity index (χ3n) is 6.29. The van der Waals surface area contributed by atoms with Crippen LogP contribution >= 0.6 is 23.1 Å². The van der Waals surface area contributed by atoms with E-state index < -0.39 is 27.5 Å². The molecule has 3 rings (SSSR count). The summed E-state index contributed by atoms with van der Waals surface area (Å²) in [5, 5.41) is 14.2. The Bertz CT molecular complexity index is 1690. The van der Waals surface area contributed by atoms with Gasteiger partial charge in [-0.25, -0.2) is 18.0 Å². The number of thioether (sulfide) groups is 1. The number of ether oxygens (including phenoxy) is 1. The molecule has 0 spiro atoms. The number of unbranched alkanes of at least 4 members (excludes halogenated alkanes) is 2. The highest BCUT2D eigenvalue weighted by Crippen LogP contribution is 2.38. The van der Waals surface area contributed by atoms with Crippen molar-refractivity contribution in [1.29, 1.82) is 0 Å². The first-order chi connectivity index (χ1) is 21.1. The van der Waals surface area contributed by atoms with Crippen LogP contribution in [0.5, 0.6) is 0 Å². The second-order valence-electron chi connectivity index (χ2n) is 11.1. The number of urea groups is 1. The Morgan fingerprint density at radius 3 is 2.44 bits per heavy atom. The van der Waals surface area contributed by atoms with Crippen LogP contribution < -0.4 is 16.4 Å². The van der Waals surface area contributed by atoms with E-state index in [9.17, 15) is 22.8 Å². The number of aliphatic carboxylic acids is 1. The molecule has 0 bridgehead atoms. The molecule has 0 saturated heterocycles. The topological polar surface area (TPSA) is 177 Å². The molecule has 1 aromatic heterocycles. The molecule has 0 saturated carbocycles. The van der Waals surface area contributed by atoms with Gasteiger partial charge in [-0.15, -0.1) is 23.1 Å². The van der Waals surface area contributed by atoms with E-state index in [1.807, 2.05) is 19.1 Å². The lowest BCUT2D eigenvalue weighted by Crippen LogP contribution is -2.29. The molecule has 45 heavy (non-hydrogen) atoms. The van der Waals surface area contributed by atoms with Crippen LogP contribution in [0.4, 0.5) is 15.3 Å². The predicted molar refractivity (Wildman–Crippen MR) is 178 cm³/mol. The number of rotatable bonds is 12. The first-order valence-electron chi connectivity index (χ1n) is 14.1. The molecule has 5 N–H and O–H groups in total. The highest BCUT2D eigenvalue weighted by molar-refractivity contribution is 8.01. The van der Waals surface area contributed by atoms with E-state index in [1.54, 1.807) is 51.3 Å². The number of anilines is 1. The van der Waals surface area contributed by atoms with Gasteiger partial charge >= 0.3 is 18.1 Å². The van der Waals surface area contributed by atoms with Gasteiger partial charge in [-0.05, 0) is 93.8 Å². The van der Waals surface area contributed by atoms with Crippen molar-refractivity contribution >= 4 is 62.6 Å². The van der Waals surface area contributed by atoms with Gasteiger partial charge in [0.15, 0.2) is 0 Å². The number of carbonyl (C=O) groups excluding carboxylic acids is 2. The summed E-state index contributed by atoms with van der Waals surface area (Å²) in [4.78, 5) is 39.3. The monoisotopic (exact) mass is 674 g/mol. The van der Waals surface area contributed by atoms with E-state index in [2.05, 4.69) is 15.6 Å². The van der Waals surface area contributed by atoms with Gasteiger partial charge < -0.3 is 26.2 Å². The summed E-state index contributed by atoms with van der Waals surface area (Å²) in [6, 6.07) is 13.0. The fraction of sp³-hybridized carbons (Fsp3) is 0.355. The van der Waals surface area contributed by atoms with E-state index in [-0.39, 0.29) is 28.1 Å². The van der Waals surface area contributed by atoms with Gasteiger partial charge in [-0.2, -0.15) is 4.99 Å². The van der Waals surface area contributed by atoms with Gasteiger partial charge in [0.25, 0.3) is 0 Å². The summed E-state index contributed by atoms with van der Waals surface area (Å²) >= 11 is 2.38. The number of aryl methyl sites for hydroxylation is 1. The van der Waals surface area contributed by atoms with Gasteiger partial charge in [0.2, 0.25) is 9.84 Å². The minimum absolute atomic E-state index is 0.0682. The lowest BCUT2D eigenvalue weighted by atomic mass is 10.00. The molecule has 242 valence electrons. The number of nitrogens with one attached hydrogen (secondary N) is 2. The van der Waals surface area contributed by atoms with Crippen molar-refractivity contribution in [2.45, 2.75) is 73.0 Å². The molecule has 0 fully saturated rings. The summed E-state index contributed by atoms with van der Waals surface area (Å²) < 4.78 is 33.3. The third-order valence-corrected chi connectivity index (χ3v) is 10.6. The quantitative estimate of drug-likeness (QED) is 0.0706. The van der Waals surface area contributed by atoms with Crippen LogP contribution in [0.3, 0.4) is 0 Å². The summed E-state index contributed by atoms with van der Waals surface area (Å²) in [6.45, 7) is 7.41. The van der Waals surface area contributed by atoms with Crippen molar-refractivity contribution in [3.05, 3.63) is 59.0 Å². The van der Waals surface area contributed by atoms with E-state index >= 15 is 0 Å². The fourth-order valence-corrected chi connectivity index (χ4v) is 8.17. The molecule has 0 aliphatic carbocycles. The van der Waals surface area contributed by atoms with Crippen LogP contribution in [-0.2, 0) is 19.4 Å². The lowest BCUT2D eigenvalue weighted by molar-refractivity contribution is -0.137. The number of amides is 3. The second-order valence-corrected chi connectivity index (χ2v) is 15.1. The van der Waals surface area contributed by atoms with Crippen LogP contribution in [0.2, 0.25) is 0 Å². The number of thiophene rings is 1. The number of hydrogen-bond donors (Lipinski definition) is 4. The Balaban J connectivity index is 1.77. The largest absolute Gasteiger partial charge is 0.481 e. The molecular formula is C31H38N4O7S3. The maximum absolute atomic E-state index is 13.8. The first-order valence-corrected chi connectivity index (χ1v) is 17.6. The number of nitrogens with two attached hydrogens (primary N) is 1. The van der Waals surface area contributed by atoms with Crippen LogP contribution in [0.1, 0.15) is 56.9 Å². The predicted octanol–water partition coefficient (Wildman–Crippen LogP) is 6.69. The highest BCUT2D eigenvalue weighted by atomic mass is 32.2. The molecule has 3 amide bonds. The number of aliphatic imine (C=N–C) groups is 1. The first kappa shape index (κ1) is 35.6. The Hall–Kier alpha value is -3.88. The Morgan fingerprint density at radius 1 is 1.07 bits per heavy atom. The van der Waals surface area contributed by atoms with Crippen molar-refractivity contribution in [2.75, 3.05) is 18.1 Å². The molecule has 0 aliphatic heterocycles. The number of nitrogens with zero attached hydrogens (tertiary/aromatic N) is 1. The fourth-order valence-electron chi connectivity index (χ4n) is 4.23. The summed E-state index contributed by atoms with van der Waals surface area (Å²) in [7, 11) is -3.97. The zero-order chi connectivity index (χ0) is 33.4. The molecule has 0 radical (unpaired) electrons. The number of amidine groups is 1. The van der Waals surface area contributed by atoms with Gasteiger partial charge in [-0.3, -0.25) is 4.79 Å². The number of hydrogen-bond acceptors (Lipinski definition) is 8. The number of carbonyl (C=O) groups is 3. The molecule has 11 nitrogen and oxygen atoms in total. The van der Waals surface area contributed by atoms with E-state index in [0.29, 0.717) is 46.1 Å². The smallest absolute Gasteiger partial charge is 0.436 e. The van der Waals surface area contributed by atoms with Crippen LogP contribution in [-0.4, -0.2) is 55.9 Å². The van der Waals surface area contributed by atoms with E-state index in [1.165, 1.54) is 23.9 Å². The average molecular weight is 675 g/mol. The van der Waals surface area contributed by atoms with Crippen molar-refractivity contribution in [3.63, 3.8) is 0 Å². The normalized spacial score (nSPS) is 12.1. The van der Waals surface area contributed by atoms with Crippen LogP contribution in [0, 0.1) is 6.92 Å². The number of carboxylic acid groups (broad SMARTS) is 1. The number of carboxylic acids is 1. The molecular weight excluding hydrogens is 637 g/mol. The zero-order valence-electron chi connectivity index (χ0n) is 25.8. The molecule has 14 heteroatoms. The molecule has 0 aliphatic rings. The Morgan fingerprint density at radius 2 is 1.80 bits per heavy atom. The van der Waals surface area contributed by atoms with Crippen molar-refractivity contribution in [3.8, 4) is 11.1 Å². The second kappa shape index (κ2) is 15.4. The lowest BCUT2D eigenvalue weighted by Gasteiger charge is -2.17. The number of benzene rings is 2.